The number of hydrogen-bond donors (Lipinski definition) is 0. The van der Waals surface area contributed by atoms with Crippen molar-refractivity contribution >= 4 is 35.2 Å². The Bertz CT molecular complexity index is 1030. The van der Waals surface area contributed by atoms with Gasteiger partial charge in [0, 0.05) is 38.2 Å². The lowest BCUT2D eigenvalue weighted by atomic mass is 10.0. The van der Waals surface area contributed by atoms with Gasteiger partial charge in [0.25, 0.3) is 0 Å². The largest absolute Gasteiger partial charge is 0.379 e. The molecule has 2 aliphatic rings. The molecule has 0 amide bonds. The van der Waals surface area contributed by atoms with Gasteiger partial charge < -0.3 is 9.57 Å². The minimum Gasteiger partial charge on any atom is -0.379 e. The summed E-state index contributed by atoms with van der Waals surface area (Å²) in [7, 11) is 0. The molecule has 0 atom stereocenters. The number of rotatable bonds is 7. The summed E-state index contributed by atoms with van der Waals surface area (Å²) in [5, 5.41) is 4.33. The van der Waals surface area contributed by atoms with Crippen molar-refractivity contribution in [3.63, 3.8) is 0 Å². The number of hydrogen-bond acceptors (Lipinski definition) is 7. The van der Waals surface area contributed by atoms with Gasteiger partial charge in [-0.2, -0.15) is 0 Å². The number of benzene rings is 2. The predicted octanol–water partition coefficient (Wildman–Crippen LogP) is 5.63. The van der Waals surface area contributed by atoms with Crippen LogP contribution in [-0.2, 0) is 14.4 Å². The van der Waals surface area contributed by atoms with E-state index in [-0.39, 0.29) is 5.97 Å². The Hall–Kier alpha value is -2.06. The highest BCUT2D eigenvalue weighted by molar-refractivity contribution is 8.05. The minimum atomic E-state index is -0.761. The van der Waals surface area contributed by atoms with Crippen molar-refractivity contribution in [2.24, 2.45) is 5.16 Å². The monoisotopic (exact) mass is 468 g/mol. The lowest BCUT2D eigenvalue weighted by Gasteiger charge is -2.37. The summed E-state index contributed by atoms with van der Waals surface area (Å²) in [6.45, 7) is 10.2. The molecule has 1 saturated heterocycles. The van der Waals surface area contributed by atoms with Gasteiger partial charge in [-0.25, -0.2) is 4.79 Å². The molecule has 0 N–H and O–H groups in total. The smallest absolute Gasteiger partial charge is 0.354 e. The fourth-order valence-electron chi connectivity index (χ4n) is 3.65. The van der Waals surface area contributed by atoms with Crippen LogP contribution in [0, 0.1) is 0 Å². The Morgan fingerprint density at radius 1 is 1.12 bits per heavy atom. The third-order valence-corrected chi connectivity index (χ3v) is 8.23. The molecule has 5 nitrogen and oxygen atoms in total. The SMILES string of the molecule is C=CCCC(=NOC(=O)C(C)(C)N1CCOCC1)c1ccc2c(c1)Sc1ccccc1S2. The molecule has 1 fully saturated rings. The van der Waals surface area contributed by atoms with Crippen molar-refractivity contribution in [3.05, 3.63) is 60.7 Å². The lowest BCUT2D eigenvalue weighted by Crippen LogP contribution is -2.54. The van der Waals surface area contributed by atoms with E-state index in [9.17, 15) is 4.79 Å². The molecule has 2 aromatic rings. The molecule has 2 aromatic carbocycles. The Labute approximate surface area is 198 Å². The second kappa shape index (κ2) is 10.3. The fourth-order valence-corrected chi connectivity index (χ4v) is 5.90. The summed E-state index contributed by atoms with van der Waals surface area (Å²) in [5.41, 5.74) is 0.960. The summed E-state index contributed by atoms with van der Waals surface area (Å²) in [5.74, 6) is -0.354. The zero-order valence-corrected chi connectivity index (χ0v) is 20.1. The first-order valence-corrected chi connectivity index (χ1v) is 12.4. The average Bonchev–Trinajstić information content (AvgIpc) is 2.82. The van der Waals surface area contributed by atoms with Crippen LogP contribution >= 0.6 is 23.5 Å². The molecule has 7 heteroatoms. The van der Waals surface area contributed by atoms with E-state index >= 15 is 0 Å². The van der Waals surface area contributed by atoms with E-state index in [2.05, 4.69) is 59.1 Å². The van der Waals surface area contributed by atoms with Crippen LogP contribution in [0.5, 0.6) is 0 Å². The number of carbonyl (C=O) groups is 1. The highest BCUT2D eigenvalue weighted by Crippen LogP contribution is 2.48. The first-order chi connectivity index (χ1) is 15.5. The van der Waals surface area contributed by atoms with Crippen molar-refractivity contribution in [1.82, 2.24) is 4.90 Å². The van der Waals surface area contributed by atoms with Gasteiger partial charge in [-0.15, -0.1) is 6.58 Å². The molecule has 0 bridgehead atoms. The van der Waals surface area contributed by atoms with E-state index in [4.69, 9.17) is 9.57 Å². The lowest BCUT2D eigenvalue weighted by molar-refractivity contribution is -0.159. The van der Waals surface area contributed by atoms with Gasteiger partial charge >= 0.3 is 5.97 Å². The van der Waals surface area contributed by atoms with Crippen molar-refractivity contribution in [3.8, 4) is 0 Å². The number of allylic oxidation sites excluding steroid dienone is 1. The maximum absolute atomic E-state index is 12.9. The molecule has 0 radical (unpaired) electrons. The molecule has 0 aliphatic carbocycles. The zero-order valence-electron chi connectivity index (χ0n) is 18.5. The third-order valence-electron chi connectivity index (χ3n) is 5.69. The van der Waals surface area contributed by atoms with Crippen LogP contribution in [0.2, 0.25) is 0 Å². The maximum Gasteiger partial charge on any atom is 0.354 e. The topological polar surface area (TPSA) is 51.1 Å². The molecule has 2 heterocycles. The highest BCUT2D eigenvalue weighted by atomic mass is 32.2. The standard InChI is InChI=1S/C25H28N2O3S2/c1-4-5-8-19(26-30-24(28)25(2,3)27-13-15-29-16-14-27)18-11-12-22-23(17-18)32-21-10-7-6-9-20(21)31-22/h4,6-7,9-12,17H,1,5,8,13-16H2,2-3H3. The van der Waals surface area contributed by atoms with Gasteiger partial charge in [0.05, 0.1) is 18.9 Å². The zero-order chi connectivity index (χ0) is 22.6. The summed E-state index contributed by atoms with van der Waals surface area (Å²) < 4.78 is 5.41. The normalized spacial score (nSPS) is 16.8. The molecule has 168 valence electrons. The highest BCUT2D eigenvalue weighted by Gasteiger charge is 2.37. The van der Waals surface area contributed by atoms with E-state index in [0.717, 1.165) is 17.7 Å². The second-order valence-corrected chi connectivity index (χ2v) is 10.4. The van der Waals surface area contributed by atoms with E-state index in [1.807, 2.05) is 19.9 Å². The summed E-state index contributed by atoms with van der Waals surface area (Å²) in [6, 6.07) is 14.8. The van der Waals surface area contributed by atoms with Crippen molar-refractivity contribution < 1.29 is 14.4 Å². The number of fused-ring (bicyclic) bond motifs is 2. The molecule has 32 heavy (non-hydrogen) atoms. The predicted molar refractivity (Wildman–Crippen MR) is 130 cm³/mol. The first-order valence-electron chi connectivity index (χ1n) is 10.8. The van der Waals surface area contributed by atoms with Crippen LogP contribution in [0.1, 0.15) is 32.3 Å². The molecular formula is C25H28N2O3S2. The van der Waals surface area contributed by atoms with E-state index in [0.29, 0.717) is 32.7 Å². The third kappa shape index (κ3) is 5.12. The number of ether oxygens (including phenoxy) is 1. The van der Waals surface area contributed by atoms with Gasteiger partial charge in [0.1, 0.15) is 5.54 Å². The molecule has 0 spiro atoms. The molecule has 0 aromatic heterocycles. The van der Waals surface area contributed by atoms with Crippen LogP contribution in [0.3, 0.4) is 0 Å². The first kappa shape index (κ1) is 23.1. The van der Waals surface area contributed by atoms with Gasteiger partial charge in [0.2, 0.25) is 0 Å². The van der Waals surface area contributed by atoms with Gasteiger partial charge in [-0.05, 0) is 51.0 Å². The van der Waals surface area contributed by atoms with E-state index in [1.54, 1.807) is 23.5 Å². The quantitative estimate of drug-likeness (QED) is 0.194. The summed E-state index contributed by atoms with van der Waals surface area (Å²) in [6.07, 6.45) is 3.27. The van der Waals surface area contributed by atoms with Crippen LogP contribution in [0.25, 0.3) is 0 Å². The number of oxime groups is 1. The van der Waals surface area contributed by atoms with Crippen LogP contribution in [0.15, 0.2) is 79.9 Å². The van der Waals surface area contributed by atoms with Gasteiger partial charge in [-0.1, -0.05) is 53.0 Å². The van der Waals surface area contributed by atoms with Crippen molar-refractivity contribution in [2.45, 2.75) is 51.8 Å². The number of morpholine rings is 1. The Balaban J connectivity index is 1.54. The van der Waals surface area contributed by atoms with E-state index < -0.39 is 5.54 Å². The molecule has 2 aliphatic heterocycles. The Kier molecular flexibility index (Phi) is 7.40. The molecule has 0 saturated carbocycles. The summed E-state index contributed by atoms with van der Waals surface area (Å²) in [4.78, 5) is 25.4. The van der Waals surface area contributed by atoms with Gasteiger partial charge in [-0.3, -0.25) is 4.90 Å². The number of carbonyl (C=O) groups excluding carboxylic acids is 1. The van der Waals surface area contributed by atoms with Crippen molar-refractivity contribution in [2.75, 3.05) is 26.3 Å². The fraction of sp³-hybridized carbons (Fsp3) is 0.360. The molecule has 0 unspecified atom stereocenters. The summed E-state index contributed by atoms with van der Waals surface area (Å²) >= 11 is 3.54. The van der Waals surface area contributed by atoms with Crippen LogP contribution in [0.4, 0.5) is 0 Å². The van der Waals surface area contributed by atoms with Crippen molar-refractivity contribution in [1.29, 1.82) is 0 Å². The Morgan fingerprint density at radius 2 is 1.78 bits per heavy atom. The number of nitrogens with zero attached hydrogens (tertiary/aromatic N) is 2. The van der Waals surface area contributed by atoms with Gasteiger partial charge in [0.15, 0.2) is 0 Å². The molecular weight excluding hydrogens is 440 g/mol. The van der Waals surface area contributed by atoms with Crippen LogP contribution in [-0.4, -0.2) is 48.4 Å². The maximum atomic E-state index is 12.9. The van der Waals surface area contributed by atoms with Crippen LogP contribution < -0.4 is 0 Å². The molecule has 4 rings (SSSR count). The van der Waals surface area contributed by atoms with E-state index in [1.165, 1.54) is 19.6 Å². The Morgan fingerprint density at radius 3 is 2.47 bits per heavy atom. The average molecular weight is 469 g/mol. The minimum absolute atomic E-state index is 0.354. The second-order valence-electron chi connectivity index (χ2n) is 8.21.